The number of hydrogen-bond acceptors (Lipinski definition) is 3. The fourth-order valence-corrected chi connectivity index (χ4v) is 4.52. The third-order valence-electron chi connectivity index (χ3n) is 5.99. The molecular weight excluding hydrogens is 407 g/mol. The quantitative estimate of drug-likeness (QED) is 0.661. The van der Waals surface area contributed by atoms with Crippen molar-refractivity contribution in [1.29, 1.82) is 0 Å². The molecule has 1 aromatic heterocycles. The van der Waals surface area contributed by atoms with E-state index in [1.54, 1.807) is 29.2 Å². The van der Waals surface area contributed by atoms with Crippen LogP contribution in [0.4, 0.5) is 10.2 Å². The summed E-state index contributed by atoms with van der Waals surface area (Å²) in [5.41, 5.74) is 3.88. The average Bonchev–Trinajstić information content (AvgIpc) is 3.11. The number of aryl methyl sites for hydroxylation is 3. The van der Waals surface area contributed by atoms with Crippen LogP contribution in [0.2, 0.25) is 0 Å². The van der Waals surface area contributed by atoms with Gasteiger partial charge in [0, 0.05) is 30.1 Å². The first-order valence-electron chi connectivity index (χ1n) is 10.9. The number of carbonyl (C=O) groups excluding carboxylic acids is 2. The molecule has 2 heterocycles. The van der Waals surface area contributed by atoms with Crippen LogP contribution in [-0.4, -0.2) is 34.2 Å². The Balaban J connectivity index is 1.86. The number of amides is 2. The molecule has 0 radical (unpaired) electrons. The van der Waals surface area contributed by atoms with E-state index in [2.05, 4.69) is 10.4 Å². The molecule has 3 aromatic rings. The number of likely N-dealkylation sites (N-methyl/N-ethyl adjacent to an activating group) is 1. The van der Waals surface area contributed by atoms with Crippen LogP contribution in [0.3, 0.4) is 0 Å². The summed E-state index contributed by atoms with van der Waals surface area (Å²) in [6.07, 6.45) is 0. The Morgan fingerprint density at radius 2 is 1.81 bits per heavy atom. The van der Waals surface area contributed by atoms with Gasteiger partial charge in [-0.2, -0.15) is 5.10 Å². The van der Waals surface area contributed by atoms with Crippen molar-refractivity contribution in [3.05, 3.63) is 82.3 Å². The molecule has 166 valence electrons. The van der Waals surface area contributed by atoms with Crippen molar-refractivity contribution in [2.24, 2.45) is 0 Å². The normalized spacial score (nSPS) is 17.9. The van der Waals surface area contributed by atoms with Gasteiger partial charge in [-0.3, -0.25) is 14.5 Å². The van der Waals surface area contributed by atoms with Gasteiger partial charge in [0.15, 0.2) is 0 Å². The second-order valence-corrected chi connectivity index (χ2v) is 8.07. The minimum atomic E-state index is -0.839. The third kappa shape index (κ3) is 3.68. The van der Waals surface area contributed by atoms with E-state index in [9.17, 15) is 14.0 Å². The SMILES string of the molecule is CCN1C(=O)[C@@H](NC(=O)c2cccc(C)c2)[C@@H](c2ccc(F)cc2)c2c(C)nn(CC)c21. The number of nitrogens with zero attached hydrogens (tertiary/aromatic N) is 3. The fraction of sp³-hybridized carbons (Fsp3) is 0.320. The van der Waals surface area contributed by atoms with Crippen LogP contribution >= 0.6 is 0 Å². The second-order valence-electron chi connectivity index (χ2n) is 8.07. The molecule has 32 heavy (non-hydrogen) atoms. The van der Waals surface area contributed by atoms with Crippen molar-refractivity contribution >= 4 is 17.6 Å². The summed E-state index contributed by atoms with van der Waals surface area (Å²) in [5, 5.41) is 7.63. The number of rotatable bonds is 5. The van der Waals surface area contributed by atoms with E-state index < -0.39 is 12.0 Å². The van der Waals surface area contributed by atoms with E-state index in [0.29, 0.717) is 18.7 Å². The highest BCUT2D eigenvalue weighted by molar-refractivity contribution is 6.05. The summed E-state index contributed by atoms with van der Waals surface area (Å²) in [7, 11) is 0. The Bertz CT molecular complexity index is 1170. The van der Waals surface area contributed by atoms with Gasteiger partial charge in [-0.1, -0.05) is 29.8 Å². The maximum atomic E-state index is 13.7. The van der Waals surface area contributed by atoms with Crippen molar-refractivity contribution in [3.8, 4) is 0 Å². The first-order chi connectivity index (χ1) is 15.3. The summed E-state index contributed by atoms with van der Waals surface area (Å²) in [4.78, 5) is 28.5. The Morgan fingerprint density at radius 1 is 1.09 bits per heavy atom. The average molecular weight is 435 g/mol. The first kappa shape index (κ1) is 21.7. The molecule has 1 N–H and O–H groups in total. The maximum Gasteiger partial charge on any atom is 0.251 e. The van der Waals surface area contributed by atoms with E-state index >= 15 is 0 Å². The van der Waals surface area contributed by atoms with E-state index in [1.807, 2.05) is 44.5 Å². The Morgan fingerprint density at radius 3 is 2.44 bits per heavy atom. The number of anilines is 1. The summed E-state index contributed by atoms with van der Waals surface area (Å²) >= 11 is 0. The highest BCUT2D eigenvalue weighted by Crippen LogP contribution is 2.42. The zero-order valence-electron chi connectivity index (χ0n) is 18.7. The van der Waals surface area contributed by atoms with Gasteiger partial charge in [0.2, 0.25) is 0 Å². The number of carbonyl (C=O) groups is 2. The molecule has 0 saturated carbocycles. The van der Waals surface area contributed by atoms with E-state index in [-0.39, 0.29) is 17.6 Å². The Labute approximate surface area is 187 Å². The molecule has 0 saturated heterocycles. The molecule has 0 fully saturated rings. The second kappa shape index (κ2) is 8.57. The predicted molar refractivity (Wildman–Crippen MR) is 121 cm³/mol. The number of aromatic nitrogens is 2. The van der Waals surface area contributed by atoms with Crippen LogP contribution < -0.4 is 10.2 Å². The van der Waals surface area contributed by atoms with Crippen LogP contribution in [0, 0.1) is 19.7 Å². The Kier molecular flexibility index (Phi) is 5.82. The van der Waals surface area contributed by atoms with E-state index in [0.717, 1.165) is 28.2 Å². The molecule has 1 aliphatic rings. The molecule has 1 aliphatic heterocycles. The molecular formula is C25H27FN4O2. The van der Waals surface area contributed by atoms with Crippen LogP contribution in [0.25, 0.3) is 0 Å². The molecule has 0 bridgehead atoms. The van der Waals surface area contributed by atoms with Crippen molar-refractivity contribution < 1.29 is 14.0 Å². The van der Waals surface area contributed by atoms with Crippen LogP contribution in [-0.2, 0) is 11.3 Å². The minimum Gasteiger partial charge on any atom is -0.339 e. The largest absolute Gasteiger partial charge is 0.339 e. The zero-order chi connectivity index (χ0) is 23.0. The van der Waals surface area contributed by atoms with Crippen LogP contribution in [0.1, 0.15) is 52.5 Å². The summed E-state index contributed by atoms with van der Waals surface area (Å²) < 4.78 is 15.5. The first-order valence-corrected chi connectivity index (χ1v) is 10.9. The van der Waals surface area contributed by atoms with Gasteiger partial charge in [0.05, 0.1) is 5.69 Å². The monoisotopic (exact) mass is 434 g/mol. The highest BCUT2D eigenvalue weighted by atomic mass is 19.1. The summed E-state index contributed by atoms with van der Waals surface area (Å²) in [6.45, 7) is 8.76. The fourth-order valence-electron chi connectivity index (χ4n) is 4.52. The molecule has 0 unspecified atom stereocenters. The lowest BCUT2D eigenvalue weighted by molar-refractivity contribution is -0.121. The lowest BCUT2D eigenvalue weighted by Gasteiger charge is -2.38. The van der Waals surface area contributed by atoms with Gasteiger partial charge in [0.25, 0.3) is 11.8 Å². The van der Waals surface area contributed by atoms with Gasteiger partial charge in [0.1, 0.15) is 17.7 Å². The molecule has 4 rings (SSSR count). The molecule has 7 heteroatoms. The van der Waals surface area contributed by atoms with Gasteiger partial charge < -0.3 is 5.32 Å². The molecule has 2 amide bonds. The van der Waals surface area contributed by atoms with E-state index in [4.69, 9.17) is 0 Å². The van der Waals surface area contributed by atoms with Gasteiger partial charge >= 0.3 is 0 Å². The lowest BCUT2D eigenvalue weighted by atomic mass is 9.81. The number of halogens is 1. The maximum absolute atomic E-state index is 13.7. The minimum absolute atomic E-state index is 0.204. The molecule has 0 aliphatic carbocycles. The highest BCUT2D eigenvalue weighted by Gasteiger charge is 2.45. The van der Waals surface area contributed by atoms with Crippen molar-refractivity contribution in [3.63, 3.8) is 0 Å². The van der Waals surface area contributed by atoms with E-state index in [1.165, 1.54) is 12.1 Å². The molecule has 0 spiro atoms. The molecule has 2 atom stereocenters. The number of nitrogens with one attached hydrogen (secondary N) is 1. The van der Waals surface area contributed by atoms with Crippen molar-refractivity contribution in [2.75, 3.05) is 11.4 Å². The third-order valence-corrected chi connectivity index (χ3v) is 5.99. The number of hydrogen-bond donors (Lipinski definition) is 1. The number of fused-ring (bicyclic) bond motifs is 1. The summed E-state index contributed by atoms with van der Waals surface area (Å²) in [5.74, 6) is -0.611. The van der Waals surface area contributed by atoms with Gasteiger partial charge in [-0.05, 0) is 57.5 Å². The van der Waals surface area contributed by atoms with Crippen LogP contribution in [0.15, 0.2) is 48.5 Å². The lowest BCUT2D eigenvalue weighted by Crippen LogP contribution is -2.55. The number of benzene rings is 2. The smallest absolute Gasteiger partial charge is 0.251 e. The predicted octanol–water partition coefficient (Wildman–Crippen LogP) is 3.96. The zero-order valence-corrected chi connectivity index (χ0v) is 18.7. The standard InChI is InChI=1S/C25H27FN4O2/c1-5-29-24-20(16(4)28-30(24)6-2)21(17-10-12-19(26)13-11-17)22(25(29)32)27-23(31)18-9-7-8-15(3)14-18/h7-14,21-22H,5-6H2,1-4H3,(H,27,31)/t21-,22-/m0/s1. The topological polar surface area (TPSA) is 67.2 Å². The van der Waals surface area contributed by atoms with Crippen molar-refractivity contribution in [1.82, 2.24) is 15.1 Å². The molecule has 6 nitrogen and oxygen atoms in total. The van der Waals surface area contributed by atoms with Crippen molar-refractivity contribution in [2.45, 2.75) is 46.2 Å². The van der Waals surface area contributed by atoms with Crippen LogP contribution in [0.5, 0.6) is 0 Å². The Hall–Kier alpha value is -3.48. The van der Waals surface area contributed by atoms with Gasteiger partial charge in [-0.25, -0.2) is 9.07 Å². The molecule has 2 aromatic carbocycles. The van der Waals surface area contributed by atoms with Gasteiger partial charge in [-0.15, -0.1) is 0 Å². The summed E-state index contributed by atoms with van der Waals surface area (Å²) in [6, 6.07) is 12.5.